The number of rotatable bonds is 6. The first-order valence-electron chi connectivity index (χ1n) is 5.73. The summed E-state index contributed by atoms with van der Waals surface area (Å²) in [6.07, 6.45) is 1.82. The van der Waals surface area contributed by atoms with Crippen LogP contribution in [0.1, 0.15) is 26.5 Å². The fraction of sp³-hybridized carbons (Fsp3) is 0.667. The summed E-state index contributed by atoms with van der Waals surface area (Å²) in [5.41, 5.74) is 1.03. The highest BCUT2D eigenvalue weighted by Gasteiger charge is 2.05. The highest BCUT2D eigenvalue weighted by Crippen LogP contribution is 2.15. The number of nitrogens with zero attached hydrogens (tertiary/aromatic N) is 2. The first-order chi connectivity index (χ1) is 7.58. The van der Waals surface area contributed by atoms with Gasteiger partial charge in [0.2, 0.25) is 0 Å². The van der Waals surface area contributed by atoms with Crippen LogP contribution in [0.25, 0.3) is 0 Å². The summed E-state index contributed by atoms with van der Waals surface area (Å²) >= 11 is 1.73. The molecule has 1 rings (SSSR count). The molecule has 1 aromatic rings. The number of thioether (sulfide) groups is 1. The van der Waals surface area contributed by atoms with Gasteiger partial charge >= 0.3 is 0 Å². The smallest absolute Gasteiger partial charge is 0.187 e. The van der Waals surface area contributed by atoms with Crippen LogP contribution in [0.2, 0.25) is 0 Å². The monoisotopic (exact) mass is 239 g/mol. The first-order valence-corrected chi connectivity index (χ1v) is 6.72. The minimum Gasteiger partial charge on any atom is -0.314 e. The fourth-order valence-corrected chi connectivity index (χ4v) is 2.10. The third-order valence-corrected chi connectivity index (χ3v) is 3.33. The summed E-state index contributed by atoms with van der Waals surface area (Å²) in [4.78, 5) is 8.61. The van der Waals surface area contributed by atoms with E-state index >= 15 is 0 Å². The molecule has 0 saturated carbocycles. The molecule has 1 atom stereocenters. The Kier molecular flexibility index (Phi) is 5.77. The van der Waals surface area contributed by atoms with E-state index in [-0.39, 0.29) is 0 Å². The summed E-state index contributed by atoms with van der Waals surface area (Å²) in [5.74, 6) is 1.69. The van der Waals surface area contributed by atoms with Crippen molar-refractivity contribution in [1.29, 1.82) is 0 Å². The van der Waals surface area contributed by atoms with Crippen molar-refractivity contribution in [3.63, 3.8) is 0 Å². The molecular formula is C12H21N3S. The molecule has 1 heterocycles. The molecule has 0 aliphatic heterocycles. The topological polar surface area (TPSA) is 37.8 Å². The van der Waals surface area contributed by atoms with E-state index in [1.54, 1.807) is 11.8 Å². The Morgan fingerprint density at radius 1 is 1.38 bits per heavy atom. The van der Waals surface area contributed by atoms with Crippen molar-refractivity contribution >= 4 is 11.8 Å². The zero-order valence-corrected chi connectivity index (χ0v) is 11.3. The molecule has 0 fully saturated rings. The molecule has 0 aliphatic rings. The molecule has 1 aromatic heterocycles. The van der Waals surface area contributed by atoms with Crippen LogP contribution in [-0.4, -0.2) is 28.3 Å². The van der Waals surface area contributed by atoms with Gasteiger partial charge in [-0.3, -0.25) is 0 Å². The zero-order valence-electron chi connectivity index (χ0n) is 10.5. The van der Waals surface area contributed by atoms with Crippen LogP contribution in [0, 0.1) is 12.8 Å². The number of hydrogen-bond acceptors (Lipinski definition) is 4. The van der Waals surface area contributed by atoms with E-state index in [9.17, 15) is 0 Å². The summed E-state index contributed by atoms with van der Waals surface area (Å²) in [6.45, 7) is 9.64. The average molecular weight is 239 g/mol. The lowest BCUT2D eigenvalue weighted by atomic mass is 10.2. The summed E-state index contributed by atoms with van der Waals surface area (Å²) in [6, 6.07) is 2.48. The van der Waals surface area contributed by atoms with Crippen molar-refractivity contribution in [2.75, 3.05) is 12.3 Å². The van der Waals surface area contributed by atoms with Gasteiger partial charge in [0.1, 0.15) is 0 Å². The molecule has 0 aromatic carbocycles. The van der Waals surface area contributed by atoms with Gasteiger partial charge in [-0.25, -0.2) is 9.97 Å². The number of hydrogen-bond donors (Lipinski definition) is 1. The van der Waals surface area contributed by atoms with Crippen LogP contribution in [0.3, 0.4) is 0 Å². The van der Waals surface area contributed by atoms with Gasteiger partial charge in [0.15, 0.2) is 5.16 Å². The second kappa shape index (κ2) is 6.86. The van der Waals surface area contributed by atoms with E-state index in [1.807, 2.05) is 19.2 Å². The van der Waals surface area contributed by atoms with Crippen molar-refractivity contribution in [2.24, 2.45) is 5.92 Å². The summed E-state index contributed by atoms with van der Waals surface area (Å²) < 4.78 is 0. The standard InChI is InChI=1S/C12H21N3S/c1-9(2)14-7-10(3)8-16-12-13-6-5-11(4)15-12/h5-6,9-10,14H,7-8H2,1-4H3. The van der Waals surface area contributed by atoms with Gasteiger partial charge in [0.25, 0.3) is 0 Å². The quantitative estimate of drug-likeness (QED) is 0.611. The molecule has 0 saturated heterocycles. The number of aryl methyl sites for hydroxylation is 1. The molecular weight excluding hydrogens is 218 g/mol. The highest BCUT2D eigenvalue weighted by atomic mass is 32.2. The Hall–Kier alpha value is -0.610. The Morgan fingerprint density at radius 3 is 2.75 bits per heavy atom. The highest BCUT2D eigenvalue weighted by molar-refractivity contribution is 7.99. The predicted molar refractivity (Wildman–Crippen MR) is 69.8 cm³/mol. The van der Waals surface area contributed by atoms with Gasteiger partial charge in [-0.2, -0.15) is 0 Å². The summed E-state index contributed by atoms with van der Waals surface area (Å²) in [5, 5.41) is 4.32. The third kappa shape index (κ3) is 5.47. The van der Waals surface area contributed by atoms with Crippen molar-refractivity contribution in [1.82, 2.24) is 15.3 Å². The van der Waals surface area contributed by atoms with Crippen molar-refractivity contribution in [3.05, 3.63) is 18.0 Å². The molecule has 1 unspecified atom stereocenters. The lowest BCUT2D eigenvalue weighted by Gasteiger charge is -2.13. The lowest BCUT2D eigenvalue weighted by Crippen LogP contribution is -2.28. The predicted octanol–water partition coefficient (Wildman–Crippen LogP) is 2.51. The van der Waals surface area contributed by atoms with Crippen LogP contribution >= 0.6 is 11.8 Å². The minimum atomic E-state index is 0.558. The zero-order chi connectivity index (χ0) is 12.0. The van der Waals surface area contributed by atoms with E-state index in [0.29, 0.717) is 12.0 Å². The van der Waals surface area contributed by atoms with E-state index in [1.165, 1.54) is 0 Å². The molecule has 0 bridgehead atoms. The minimum absolute atomic E-state index is 0.558. The molecule has 0 spiro atoms. The van der Waals surface area contributed by atoms with Crippen molar-refractivity contribution < 1.29 is 0 Å². The Morgan fingerprint density at radius 2 is 2.12 bits per heavy atom. The van der Waals surface area contributed by atoms with Gasteiger partial charge in [0.05, 0.1) is 0 Å². The van der Waals surface area contributed by atoms with Crippen molar-refractivity contribution in [2.45, 2.75) is 38.9 Å². The van der Waals surface area contributed by atoms with Crippen molar-refractivity contribution in [3.8, 4) is 0 Å². The maximum absolute atomic E-state index is 4.37. The average Bonchev–Trinajstić information content (AvgIpc) is 2.23. The fourth-order valence-electron chi connectivity index (χ4n) is 1.21. The number of nitrogens with one attached hydrogen (secondary N) is 1. The third-order valence-electron chi connectivity index (χ3n) is 2.14. The van der Waals surface area contributed by atoms with Crippen LogP contribution in [0.15, 0.2) is 17.4 Å². The van der Waals surface area contributed by atoms with Crippen LogP contribution < -0.4 is 5.32 Å². The Bertz CT molecular complexity index is 315. The van der Waals surface area contributed by atoms with Gasteiger partial charge in [-0.1, -0.05) is 32.5 Å². The molecule has 1 N–H and O–H groups in total. The molecule has 0 amide bonds. The maximum Gasteiger partial charge on any atom is 0.187 e. The molecule has 16 heavy (non-hydrogen) atoms. The van der Waals surface area contributed by atoms with E-state index in [4.69, 9.17) is 0 Å². The molecule has 3 nitrogen and oxygen atoms in total. The molecule has 4 heteroatoms. The van der Waals surface area contributed by atoms with Crippen LogP contribution in [0.5, 0.6) is 0 Å². The maximum atomic E-state index is 4.37. The van der Waals surface area contributed by atoms with Crippen LogP contribution in [0.4, 0.5) is 0 Å². The van der Waals surface area contributed by atoms with Gasteiger partial charge in [-0.15, -0.1) is 0 Å². The molecule has 0 radical (unpaired) electrons. The summed E-state index contributed by atoms with van der Waals surface area (Å²) in [7, 11) is 0. The number of aromatic nitrogens is 2. The van der Waals surface area contributed by atoms with Gasteiger partial charge in [-0.05, 0) is 25.5 Å². The van der Waals surface area contributed by atoms with Crippen LogP contribution in [-0.2, 0) is 0 Å². The van der Waals surface area contributed by atoms with E-state index in [2.05, 4.69) is 36.1 Å². The molecule has 90 valence electrons. The largest absolute Gasteiger partial charge is 0.314 e. The van der Waals surface area contributed by atoms with E-state index < -0.39 is 0 Å². The van der Waals surface area contributed by atoms with Gasteiger partial charge in [0, 0.05) is 23.7 Å². The normalized spacial score (nSPS) is 13.1. The Labute approximate surface area is 102 Å². The SMILES string of the molecule is Cc1ccnc(SCC(C)CNC(C)C)n1. The van der Waals surface area contributed by atoms with Gasteiger partial charge < -0.3 is 5.32 Å². The van der Waals surface area contributed by atoms with E-state index in [0.717, 1.165) is 23.1 Å². The Balaban J connectivity index is 2.28. The molecule has 0 aliphatic carbocycles. The first kappa shape index (κ1) is 13.5. The second-order valence-corrected chi connectivity index (χ2v) is 5.45. The lowest BCUT2D eigenvalue weighted by molar-refractivity contribution is 0.510. The second-order valence-electron chi connectivity index (χ2n) is 4.46.